The van der Waals surface area contributed by atoms with Crippen molar-refractivity contribution in [1.29, 1.82) is 0 Å². The van der Waals surface area contributed by atoms with Crippen LogP contribution in [-0.4, -0.2) is 36.5 Å². The van der Waals surface area contributed by atoms with E-state index in [2.05, 4.69) is 31.0 Å². The van der Waals surface area contributed by atoms with Crippen molar-refractivity contribution in [2.24, 2.45) is 17.8 Å². The number of nitrogens with one attached hydrogen (secondary N) is 1. The summed E-state index contributed by atoms with van der Waals surface area (Å²) in [6.45, 7) is 9.97. The molecule has 0 saturated heterocycles. The van der Waals surface area contributed by atoms with Gasteiger partial charge >= 0.3 is 0 Å². The molecule has 19 heavy (non-hydrogen) atoms. The Morgan fingerprint density at radius 3 is 2.42 bits per heavy atom. The molecule has 3 heteroatoms. The third-order valence-electron chi connectivity index (χ3n) is 5.01. The third-order valence-corrected chi connectivity index (χ3v) is 5.01. The van der Waals surface area contributed by atoms with Gasteiger partial charge in [0.1, 0.15) is 0 Å². The monoisotopic (exact) mass is 266 g/mol. The first-order chi connectivity index (χ1) is 9.13. The van der Waals surface area contributed by atoms with Gasteiger partial charge < -0.3 is 10.2 Å². The molecule has 0 heterocycles. The molecule has 0 radical (unpaired) electrons. The Morgan fingerprint density at radius 2 is 1.84 bits per heavy atom. The normalized spacial score (nSPS) is 30.2. The van der Waals surface area contributed by atoms with Crippen LogP contribution in [0, 0.1) is 17.8 Å². The molecule has 2 aliphatic carbocycles. The average molecular weight is 266 g/mol. The summed E-state index contributed by atoms with van der Waals surface area (Å²) in [5.41, 5.74) is 0. The standard InChI is InChI=1S/C16H30N2O/c1-4-18(5-2)8-6-7-12(3)17-16(19)15-10-13-9-14(13)11-15/h12-15H,4-11H2,1-3H3,(H,17,19). The second kappa shape index (κ2) is 6.74. The predicted octanol–water partition coefficient (Wildman–Crippen LogP) is 2.66. The quantitative estimate of drug-likeness (QED) is 0.732. The number of fused-ring (bicyclic) bond motifs is 1. The van der Waals surface area contributed by atoms with Gasteiger partial charge in [-0.2, -0.15) is 0 Å². The van der Waals surface area contributed by atoms with Crippen molar-refractivity contribution in [3.63, 3.8) is 0 Å². The van der Waals surface area contributed by atoms with Crippen LogP contribution in [0.25, 0.3) is 0 Å². The van der Waals surface area contributed by atoms with Crippen LogP contribution in [0.4, 0.5) is 0 Å². The molecule has 2 rings (SSSR count). The summed E-state index contributed by atoms with van der Waals surface area (Å²) in [4.78, 5) is 14.6. The average Bonchev–Trinajstić information content (AvgIpc) is 3.01. The number of nitrogens with zero attached hydrogens (tertiary/aromatic N) is 1. The molecule has 0 bridgehead atoms. The predicted molar refractivity (Wildman–Crippen MR) is 78.9 cm³/mol. The van der Waals surface area contributed by atoms with E-state index < -0.39 is 0 Å². The van der Waals surface area contributed by atoms with Crippen LogP contribution >= 0.6 is 0 Å². The minimum Gasteiger partial charge on any atom is -0.353 e. The van der Waals surface area contributed by atoms with Crippen molar-refractivity contribution in [1.82, 2.24) is 10.2 Å². The maximum Gasteiger partial charge on any atom is 0.223 e. The number of carbonyl (C=O) groups excluding carboxylic acids is 1. The van der Waals surface area contributed by atoms with Gasteiger partial charge in [-0.15, -0.1) is 0 Å². The van der Waals surface area contributed by atoms with Crippen molar-refractivity contribution >= 4 is 5.91 Å². The molecule has 1 amide bonds. The highest BCUT2D eigenvalue weighted by atomic mass is 16.1. The zero-order chi connectivity index (χ0) is 13.8. The van der Waals surface area contributed by atoms with Crippen molar-refractivity contribution in [3.8, 4) is 0 Å². The first-order valence-corrected chi connectivity index (χ1v) is 8.16. The summed E-state index contributed by atoms with van der Waals surface area (Å²) in [5, 5.41) is 3.22. The van der Waals surface area contributed by atoms with E-state index in [4.69, 9.17) is 0 Å². The second-order valence-electron chi connectivity index (χ2n) is 6.50. The van der Waals surface area contributed by atoms with Gasteiger partial charge in [-0.3, -0.25) is 4.79 Å². The Kier molecular flexibility index (Phi) is 5.26. The van der Waals surface area contributed by atoms with Crippen LogP contribution in [0.5, 0.6) is 0 Å². The van der Waals surface area contributed by atoms with Crippen LogP contribution < -0.4 is 5.32 Å². The molecule has 0 aromatic carbocycles. The SMILES string of the molecule is CCN(CC)CCCC(C)NC(=O)C1CC2CC2C1. The van der Waals surface area contributed by atoms with Crippen LogP contribution in [0.15, 0.2) is 0 Å². The van der Waals surface area contributed by atoms with Gasteiger partial charge in [0.15, 0.2) is 0 Å². The summed E-state index contributed by atoms with van der Waals surface area (Å²) in [6.07, 6.45) is 5.98. The summed E-state index contributed by atoms with van der Waals surface area (Å²) in [5.74, 6) is 2.44. The van der Waals surface area contributed by atoms with Gasteiger partial charge in [-0.05, 0) is 70.5 Å². The highest BCUT2D eigenvalue weighted by Crippen LogP contribution is 2.54. The Morgan fingerprint density at radius 1 is 1.21 bits per heavy atom. The molecule has 0 aromatic heterocycles. The van der Waals surface area contributed by atoms with Gasteiger partial charge in [0, 0.05) is 12.0 Å². The van der Waals surface area contributed by atoms with Crippen molar-refractivity contribution in [3.05, 3.63) is 0 Å². The van der Waals surface area contributed by atoms with Gasteiger partial charge in [-0.1, -0.05) is 13.8 Å². The minimum absolute atomic E-state index is 0.322. The van der Waals surface area contributed by atoms with E-state index in [1.54, 1.807) is 0 Å². The molecule has 110 valence electrons. The minimum atomic E-state index is 0.322. The summed E-state index contributed by atoms with van der Waals surface area (Å²) in [6, 6.07) is 0.333. The zero-order valence-electron chi connectivity index (χ0n) is 12.8. The summed E-state index contributed by atoms with van der Waals surface area (Å²) in [7, 11) is 0. The topological polar surface area (TPSA) is 32.3 Å². The number of rotatable bonds is 8. The maximum atomic E-state index is 12.1. The molecule has 2 saturated carbocycles. The Bertz CT molecular complexity index is 291. The van der Waals surface area contributed by atoms with Crippen LogP contribution in [0.2, 0.25) is 0 Å². The lowest BCUT2D eigenvalue weighted by molar-refractivity contribution is -0.125. The summed E-state index contributed by atoms with van der Waals surface area (Å²) < 4.78 is 0. The molecule has 2 aliphatic rings. The molecule has 0 aliphatic heterocycles. The lowest BCUT2D eigenvalue weighted by atomic mass is 10.0. The fourth-order valence-electron chi connectivity index (χ4n) is 3.52. The smallest absolute Gasteiger partial charge is 0.223 e. The van der Waals surface area contributed by atoms with Crippen molar-refractivity contribution in [2.45, 2.75) is 58.9 Å². The fraction of sp³-hybridized carbons (Fsp3) is 0.938. The van der Waals surface area contributed by atoms with Crippen molar-refractivity contribution < 1.29 is 4.79 Å². The molecule has 1 N–H and O–H groups in total. The Hall–Kier alpha value is -0.570. The number of hydrogen-bond donors (Lipinski definition) is 1. The van der Waals surface area contributed by atoms with E-state index in [-0.39, 0.29) is 0 Å². The van der Waals surface area contributed by atoms with Gasteiger partial charge in [-0.25, -0.2) is 0 Å². The largest absolute Gasteiger partial charge is 0.353 e. The molecular weight excluding hydrogens is 236 g/mol. The molecule has 3 nitrogen and oxygen atoms in total. The van der Waals surface area contributed by atoms with E-state index in [9.17, 15) is 4.79 Å². The van der Waals surface area contributed by atoms with Crippen molar-refractivity contribution in [2.75, 3.05) is 19.6 Å². The molecule has 3 unspecified atom stereocenters. The number of amides is 1. The second-order valence-corrected chi connectivity index (χ2v) is 6.50. The van der Waals surface area contributed by atoms with E-state index in [0.717, 1.165) is 50.7 Å². The van der Waals surface area contributed by atoms with E-state index >= 15 is 0 Å². The fourth-order valence-corrected chi connectivity index (χ4v) is 3.52. The maximum absolute atomic E-state index is 12.1. The van der Waals surface area contributed by atoms with E-state index in [0.29, 0.717) is 17.9 Å². The van der Waals surface area contributed by atoms with Gasteiger partial charge in [0.05, 0.1) is 0 Å². The molecular formula is C16H30N2O. The Balaban J connectivity index is 1.58. The van der Waals surface area contributed by atoms with E-state index in [1.165, 1.54) is 12.8 Å². The van der Waals surface area contributed by atoms with E-state index in [1.807, 2.05) is 0 Å². The first kappa shape index (κ1) is 14.8. The zero-order valence-corrected chi connectivity index (χ0v) is 12.8. The Labute approximate surface area is 118 Å². The number of hydrogen-bond acceptors (Lipinski definition) is 2. The lowest BCUT2D eigenvalue weighted by Gasteiger charge is -2.21. The summed E-state index contributed by atoms with van der Waals surface area (Å²) >= 11 is 0. The lowest BCUT2D eigenvalue weighted by Crippen LogP contribution is -2.37. The molecule has 3 atom stereocenters. The van der Waals surface area contributed by atoms with Crippen LogP contribution in [-0.2, 0) is 4.79 Å². The highest BCUT2D eigenvalue weighted by Gasteiger charge is 2.48. The van der Waals surface area contributed by atoms with Gasteiger partial charge in [0.2, 0.25) is 5.91 Å². The highest BCUT2D eigenvalue weighted by molar-refractivity contribution is 5.79. The molecule has 0 spiro atoms. The first-order valence-electron chi connectivity index (χ1n) is 8.16. The van der Waals surface area contributed by atoms with Gasteiger partial charge in [0.25, 0.3) is 0 Å². The van der Waals surface area contributed by atoms with Crippen LogP contribution in [0.3, 0.4) is 0 Å². The van der Waals surface area contributed by atoms with Crippen LogP contribution in [0.1, 0.15) is 52.9 Å². The number of carbonyl (C=O) groups is 1. The molecule has 2 fully saturated rings. The third kappa shape index (κ3) is 4.20. The molecule has 0 aromatic rings.